The van der Waals surface area contributed by atoms with Gasteiger partial charge in [0.15, 0.2) is 0 Å². The molecule has 1 saturated heterocycles. The number of hydrogen-bond donors (Lipinski definition) is 2. The highest BCUT2D eigenvalue weighted by Crippen LogP contribution is 2.29. The van der Waals surface area contributed by atoms with Crippen LogP contribution in [-0.4, -0.2) is 34.5 Å². The molecule has 0 bridgehead atoms. The number of nitrogens with one attached hydrogen (secondary N) is 1. The number of aliphatic hydroxyl groups is 1. The SMILES string of the molecule is CCOc1ccccc1-c1noc(C2CC(O)CN2)n1. The molecular weight excluding hydrogens is 258 g/mol. The zero-order valence-corrected chi connectivity index (χ0v) is 11.2. The van der Waals surface area contributed by atoms with E-state index < -0.39 is 0 Å². The lowest BCUT2D eigenvalue weighted by molar-refractivity contribution is 0.191. The summed E-state index contributed by atoms with van der Waals surface area (Å²) in [5.74, 6) is 1.75. The van der Waals surface area contributed by atoms with Crippen LogP contribution in [0.3, 0.4) is 0 Å². The van der Waals surface area contributed by atoms with E-state index in [-0.39, 0.29) is 12.1 Å². The Morgan fingerprint density at radius 2 is 2.30 bits per heavy atom. The Balaban J connectivity index is 1.86. The van der Waals surface area contributed by atoms with E-state index in [1.54, 1.807) is 0 Å². The average Bonchev–Trinajstić information content (AvgIpc) is 3.08. The third-order valence-corrected chi connectivity index (χ3v) is 3.28. The lowest BCUT2D eigenvalue weighted by Gasteiger charge is -2.06. The largest absolute Gasteiger partial charge is 0.493 e. The molecule has 0 amide bonds. The predicted molar refractivity (Wildman–Crippen MR) is 72.3 cm³/mol. The van der Waals surface area contributed by atoms with Crippen molar-refractivity contribution in [3.05, 3.63) is 30.2 Å². The van der Waals surface area contributed by atoms with Gasteiger partial charge in [-0.25, -0.2) is 0 Å². The van der Waals surface area contributed by atoms with Gasteiger partial charge in [-0.1, -0.05) is 17.3 Å². The van der Waals surface area contributed by atoms with E-state index in [1.165, 1.54) is 0 Å². The number of aliphatic hydroxyl groups excluding tert-OH is 1. The first-order valence-corrected chi connectivity index (χ1v) is 6.75. The normalized spacial score (nSPS) is 22.1. The Bertz CT molecular complexity index is 585. The van der Waals surface area contributed by atoms with Crippen molar-refractivity contribution in [3.8, 4) is 17.1 Å². The highest BCUT2D eigenvalue weighted by atomic mass is 16.5. The van der Waals surface area contributed by atoms with Gasteiger partial charge in [-0.2, -0.15) is 4.98 Å². The second-order valence-electron chi connectivity index (χ2n) is 4.74. The maximum Gasteiger partial charge on any atom is 0.244 e. The molecule has 2 unspecified atom stereocenters. The third kappa shape index (κ3) is 2.52. The molecule has 1 aromatic heterocycles. The zero-order chi connectivity index (χ0) is 13.9. The second-order valence-corrected chi connectivity index (χ2v) is 4.74. The number of para-hydroxylation sites is 1. The fourth-order valence-corrected chi connectivity index (χ4v) is 2.32. The van der Waals surface area contributed by atoms with Gasteiger partial charge in [-0.3, -0.25) is 0 Å². The van der Waals surface area contributed by atoms with E-state index in [0.29, 0.717) is 31.3 Å². The van der Waals surface area contributed by atoms with Gasteiger partial charge in [-0.15, -0.1) is 0 Å². The summed E-state index contributed by atoms with van der Waals surface area (Å²) in [7, 11) is 0. The average molecular weight is 275 g/mol. The van der Waals surface area contributed by atoms with Gasteiger partial charge in [0.05, 0.1) is 24.3 Å². The van der Waals surface area contributed by atoms with E-state index in [0.717, 1.165) is 11.3 Å². The summed E-state index contributed by atoms with van der Waals surface area (Å²) in [6, 6.07) is 7.52. The van der Waals surface area contributed by atoms with Gasteiger partial charge in [-0.05, 0) is 25.5 Å². The van der Waals surface area contributed by atoms with Crippen molar-refractivity contribution >= 4 is 0 Å². The second kappa shape index (κ2) is 5.60. The minimum absolute atomic E-state index is 0.0782. The molecule has 2 N–H and O–H groups in total. The van der Waals surface area contributed by atoms with Gasteiger partial charge in [0.25, 0.3) is 0 Å². The van der Waals surface area contributed by atoms with Gasteiger partial charge in [0, 0.05) is 6.54 Å². The summed E-state index contributed by atoms with van der Waals surface area (Å²) in [6.07, 6.45) is 0.237. The van der Waals surface area contributed by atoms with Crippen molar-refractivity contribution in [2.75, 3.05) is 13.2 Å². The molecule has 0 spiro atoms. The van der Waals surface area contributed by atoms with Crippen LogP contribution in [0.4, 0.5) is 0 Å². The van der Waals surface area contributed by atoms with Crippen LogP contribution in [-0.2, 0) is 0 Å². The lowest BCUT2D eigenvalue weighted by atomic mass is 10.2. The minimum Gasteiger partial charge on any atom is -0.493 e. The van der Waals surface area contributed by atoms with E-state index in [9.17, 15) is 5.11 Å². The fourth-order valence-electron chi connectivity index (χ4n) is 2.32. The molecule has 2 aromatic rings. The van der Waals surface area contributed by atoms with E-state index in [2.05, 4.69) is 15.5 Å². The van der Waals surface area contributed by atoms with Crippen LogP contribution >= 0.6 is 0 Å². The maximum atomic E-state index is 9.53. The number of hydrogen-bond acceptors (Lipinski definition) is 6. The molecule has 20 heavy (non-hydrogen) atoms. The molecule has 2 atom stereocenters. The van der Waals surface area contributed by atoms with Crippen molar-refractivity contribution < 1.29 is 14.4 Å². The maximum absolute atomic E-state index is 9.53. The quantitative estimate of drug-likeness (QED) is 0.880. The van der Waals surface area contributed by atoms with E-state index in [4.69, 9.17) is 9.26 Å². The van der Waals surface area contributed by atoms with Crippen LogP contribution in [0.2, 0.25) is 0 Å². The number of β-amino-alcohol motifs (C(OH)–C–C–N with tert-alkyl or cyclic N) is 1. The zero-order valence-electron chi connectivity index (χ0n) is 11.2. The molecular formula is C14H17N3O3. The topological polar surface area (TPSA) is 80.4 Å². The molecule has 6 heteroatoms. The summed E-state index contributed by atoms with van der Waals surface area (Å²) in [5, 5.41) is 16.7. The molecule has 1 fully saturated rings. The summed E-state index contributed by atoms with van der Waals surface area (Å²) < 4.78 is 10.9. The molecule has 2 heterocycles. The highest BCUT2D eigenvalue weighted by Gasteiger charge is 2.28. The summed E-state index contributed by atoms with van der Waals surface area (Å²) in [5.41, 5.74) is 0.808. The Hall–Kier alpha value is -1.92. The van der Waals surface area contributed by atoms with Crippen molar-refractivity contribution in [3.63, 3.8) is 0 Å². The van der Waals surface area contributed by atoms with Crippen LogP contribution in [0.15, 0.2) is 28.8 Å². The van der Waals surface area contributed by atoms with Crippen LogP contribution in [0.25, 0.3) is 11.4 Å². The van der Waals surface area contributed by atoms with Crippen molar-refractivity contribution in [2.24, 2.45) is 0 Å². The van der Waals surface area contributed by atoms with E-state index in [1.807, 2.05) is 31.2 Å². The number of benzene rings is 1. The summed E-state index contributed by atoms with van der Waals surface area (Å²) in [6.45, 7) is 3.07. The minimum atomic E-state index is -0.355. The molecule has 1 aliphatic rings. The summed E-state index contributed by atoms with van der Waals surface area (Å²) >= 11 is 0. The van der Waals surface area contributed by atoms with Crippen LogP contribution in [0.1, 0.15) is 25.3 Å². The molecule has 1 aromatic carbocycles. The van der Waals surface area contributed by atoms with Crippen LogP contribution in [0.5, 0.6) is 5.75 Å². The number of ether oxygens (including phenoxy) is 1. The Kier molecular flexibility index (Phi) is 3.66. The molecule has 1 aliphatic heterocycles. The van der Waals surface area contributed by atoms with Crippen molar-refractivity contribution in [1.29, 1.82) is 0 Å². The standard InChI is InChI=1S/C14H17N3O3/c1-2-19-12-6-4-3-5-10(12)13-16-14(20-17-13)11-7-9(18)8-15-11/h3-6,9,11,15,18H,2,7-8H2,1H3. The summed E-state index contributed by atoms with van der Waals surface area (Å²) in [4.78, 5) is 4.41. The Labute approximate surface area is 116 Å². The predicted octanol–water partition coefficient (Wildman–Crippen LogP) is 1.53. The Morgan fingerprint density at radius 1 is 1.45 bits per heavy atom. The Morgan fingerprint density at radius 3 is 3.05 bits per heavy atom. The molecule has 0 radical (unpaired) electrons. The number of aromatic nitrogens is 2. The molecule has 3 rings (SSSR count). The molecule has 0 saturated carbocycles. The first kappa shape index (κ1) is 13.1. The highest BCUT2D eigenvalue weighted by molar-refractivity contribution is 5.63. The van der Waals surface area contributed by atoms with E-state index >= 15 is 0 Å². The first-order chi connectivity index (χ1) is 9.78. The first-order valence-electron chi connectivity index (χ1n) is 6.75. The molecule has 6 nitrogen and oxygen atoms in total. The van der Waals surface area contributed by atoms with Gasteiger partial charge < -0.3 is 19.7 Å². The monoisotopic (exact) mass is 275 g/mol. The van der Waals surface area contributed by atoms with Crippen molar-refractivity contribution in [2.45, 2.75) is 25.5 Å². The van der Waals surface area contributed by atoms with Gasteiger partial charge in [0.2, 0.25) is 11.7 Å². The van der Waals surface area contributed by atoms with Gasteiger partial charge >= 0.3 is 0 Å². The fraction of sp³-hybridized carbons (Fsp3) is 0.429. The van der Waals surface area contributed by atoms with Crippen LogP contribution < -0.4 is 10.1 Å². The number of nitrogens with zero attached hydrogens (tertiary/aromatic N) is 2. The molecule has 0 aliphatic carbocycles. The lowest BCUT2D eigenvalue weighted by Crippen LogP contribution is -2.15. The van der Waals surface area contributed by atoms with Crippen LogP contribution in [0, 0.1) is 0 Å². The smallest absolute Gasteiger partial charge is 0.244 e. The third-order valence-electron chi connectivity index (χ3n) is 3.28. The number of rotatable bonds is 4. The van der Waals surface area contributed by atoms with Gasteiger partial charge in [0.1, 0.15) is 5.75 Å². The van der Waals surface area contributed by atoms with Crippen molar-refractivity contribution in [1.82, 2.24) is 15.5 Å². The molecule has 106 valence electrons.